The van der Waals surface area contributed by atoms with Crippen molar-refractivity contribution in [1.82, 2.24) is 5.01 Å². The molecule has 0 spiro atoms. The molecule has 2 aromatic rings. The van der Waals surface area contributed by atoms with Crippen LogP contribution in [0.15, 0.2) is 45.9 Å². The number of hydrogen-bond donors (Lipinski definition) is 1. The van der Waals surface area contributed by atoms with Gasteiger partial charge in [0.05, 0.1) is 0 Å². The van der Waals surface area contributed by atoms with E-state index >= 15 is 0 Å². The second-order valence-corrected chi connectivity index (χ2v) is 5.88. The van der Waals surface area contributed by atoms with Crippen LogP contribution in [-0.2, 0) is 6.61 Å². The van der Waals surface area contributed by atoms with E-state index in [0.717, 1.165) is 6.21 Å². The van der Waals surface area contributed by atoms with E-state index in [-0.39, 0.29) is 17.4 Å². The van der Waals surface area contributed by atoms with Crippen molar-refractivity contribution in [2.45, 2.75) is 24.9 Å². The number of aliphatic hydroxyl groups is 1. The molecule has 0 unspecified atom stereocenters. The van der Waals surface area contributed by atoms with Gasteiger partial charge >= 0.3 is 12.1 Å². The molecule has 0 fully saturated rings. The van der Waals surface area contributed by atoms with E-state index in [4.69, 9.17) is 20.8 Å². The minimum Gasteiger partial charge on any atom is -0.486 e. The van der Waals surface area contributed by atoms with Crippen LogP contribution in [0.3, 0.4) is 0 Å². The molecule has 6 nitrogen and oxygen atoms in total. The molecule has 10 heteroatoms. The van der Waals surface area contributed by atoms with Crippen LogP contribution in [0.1, 0.15) is 22.7 Å². The number of carbonyl (C=O) groups is 1. The first kappa shape index (κ1) is 18.3. The number of amides is 1. The first-order chi connectivity index (χ1) is 12.2. The Hall–Kier alpha value is -2.52. The Balaban J connectivity index is 1.70. The Morgan fingerprint density at radius 2 is 2.00 bits per heavy atom. The van der Waals surface area contributed by atoms with E-state index in [1.54, 1.807) is 24.3 Å². The lowest BCUT2D eigenvalue weighted by Gasteiger charge is -2.31. The Bertz CT molecular complexity index is 835. The summed E-state index contributed by atoms with van der Waals surface area (Å²) in [6, 6.07) is 9.07. The van der Waals surface area contributed by atoms with Crippen LogP contribution < -0.4 is 4.74 Å². The van der Waals surface area contributed by atoms with Gasteiger partial charge in [-0.05, 0) is 36.4 Å². The molecule has 0 aliphatic carbocycles. The molecule has 0 saturated heterocycles. The molecule has 1 atom stereocenters. The highest BCUT2D eigenvalue weighted by Crippen LogP contribution is 2.39. The highest BCUT2D eigenvalue weighted by molar-refractivity contribution is 6.30. The number of hydrogen-bond acceptors (Lipinski definition) is 5. The average molecular weight is 389 g/mol. The Morgan fingerprint density at radius 1 is 1.31 bits per heavy atom. The number of benzene rings is 1. The molecule has 3 rings (SSSR count). The number of carbonyl (C=O) groups excluding carboxylic acids is 1. The smallest absolute Gasteiger partial charge is 0.438 e. The number of halogens is 4. The second-order valence-electron chi connectivity index (χ2n) is 5.44. The number of nitrogens with zero attached hydrogens (tertiary/aromatic N) is 2. The van der Waals surface area contributed by atoms with Crippen LogP contribution in [0.25, 0.3) is 0 Å². The molecule has 26 heavy (non-hydrogen) atoms. The monoisotopic (exact) mass is 388 g/mol. The molecule has 2 heterocycles. The van der Waals surface area contributed by atoms with Crippen LogP contribution >= 0.6 is 11.6 Å². The van der Waals surface area contributed by atoms with Gasteiger partial charge in [-0.3, -0.25) is 4.79 Å². The van der Waals surface area contributed by atoms with E-state index in [1.807, 2.05) is 0 Å². The van der Waals surface area contributed by atoms with Gasteiger partial charge in [0.15, 0.2) is 5.76 Å². The lowest BCUT2D eigenvalue weighted by Crippen LogP contribution is -2.56. The summed E-state index contributed by atoms with van der Waals surface area (Å²) in [6.45, 7) is -0.0539. The number of alkyl halides is 3. The van der Waals surface area contributed by atoms with Gasteiger partial charge in [-0.1, -0.05) is 11.6 Å². The molecule has 1 aliphatic heterocycles. The minimum absolute atomic E-state index is 0.0321. The van der Waals surface area contributed by atoms with Crippen molar-refractivity contribution >= 4 is 23.7 Å². The molecule has 1 aliphatic rings. The Morgan fingerprint density at radius 3 is 2.65 bits per heavy atom. The molecule has 1 amide bonds. The molecular weight excluding hydrogens is 377 g/mol. The van der Waals surface area contributed by atoms with Gasteiger partial charge in [0, 0.05) is 17.7 Å². The lowest BCUT2D eigenvalue weighted by atomic mass is 10.1. The second kappa shape index (κ2) is 6.65. The Kier molecular flexibility index (Phi) is 4.68. The largest absolute Gasteiger partial charge is 0.486 e. The van der Waals surface area contributed by atoms with Crippen molar-refractivity contribution in [3.8, 4) is 5.75 Å². The summed E-state index contributed by atoms with van der Waals surface area (Å²) in [6.07, 6.45) is -5.10. The van der Waals surface area contributed by atoms with E-state index < -0.39 is 30.0 Å². The van der Waals surface area contributed by atoms with Crippen molar-refractivity contribution in [2.24, 2.45) is 5.10 Å². The third kappa shape index (κ3) is 3.40. The summed E-state index contributed by atoms with van der Waals surface area (Å²) < 4.78 is 49.7. The van der Waals surface area contributed by atoms with Crippen LogP contribution in [0, 0.1) is 0 Å². The third-order valence-electron chi connectivity index (χ3n) is 3.64. The highest BCUT2D eigenvalue weighted by Gasteiger charge is 2.61. The summed E-state index contributed by atoms with van der Waals surface area (Å²) in [5.41, 5.74) is -3.39. The summed E-state index contributed by atoms with van der Waals surface area (Å²) in [7, 11) is 0. The van der Waals surface area contributed by atoms with Gasteiger partial charge in [0.25, 0.3) is 5.72 Å². The zero-order valence-corrected chi connectivity index (χ0v) is 13.8. The average Bonchev–Trinajstić information content (AvgIpc) is 3.21. The van der Waals surface area contributed by atoms with Gasteiger partial charge in [0.1, 0.15) is 18.1 Å². The highest BCUT2D eigenvalue weighted by atomic mass is 35.5. The molecule has 138 valence electrons. The SMILES string of the molecule is O=C(c1ccc(COc2ccc(Cl)cc2)o1)N1N=CC[C@]1(O)C(F)(F)F. The van der Waals surface area contributed by atoms with Gasteiger partial charge in [-0.25, -0.2) is 0 Å². The van der Waals surface area contributed by atoms with Crippen LogP contribution in [0.4, 0.5) is 13.2 Å². The maximum Gasteiger partial charge on any atom is 0.438 e. The number of ether oxygens (including phenoxy) is 1. The molecule has 1 aromatic heterocycles. The first-order valence-electron chi connectivity index (χ1n) is 7.34. The van der Waals surface area contributed by atoms with Crippen molar-refractivity contribution in [3.63, 3.8) is 0 Å². The van der Waals surface area contributed by atoms with E-state index in [9.17, 15) is 23.1 Å². The standard InChI is InChI=1S/C16H12ClF3N2O4/c17-10-1-3-11(4-2-10)25-9-12-5-6-13(26-12)14(23)22-15(24,7-8-21-22)16(18,19)20/h1-6,8,24H,7,9H2/t15-/m0/s1. The predicted octanol–water partition coefficient (Wildman–Crippen LogP) is 3.59. The van der Waals surface area contributed by atoms with E-state index in [0.29, 0.717) is 10.8 Å². The fraction of sp³-hybridized carbons (Fsp3) is 0.250. The maximum absolute atomic E-state index is 13.0. The molecule has 1 N–H and O–H groups in total. The van der Waals surface area contributed by atoms with Crippen molar-refractivity contribution < 1.29 is 32.2 Å². The molecule has 0 saturated carbocycles. The summed E-state index contributed by atoms with van der Waals surface area (Å²) >= 11 is 5.76. The van der Waals surface area contributed by atoms with Crippen molar-refractivity contribution in [3.05, 3.63) is 52.9 Å². The van der Waals surface area contributed by atoms with Crippen LogP contribution in [0.5, 0.6) is 5.75 Å². The fourth-order valence-electron chi connectivity index (χ4n) is 2.25. The van der Waals surface area contributed by atoms with E-state index in [2.05, 4.69) is 5.10 Å². The number of rotatable bonds is 4. The summed E-state index contributed by atoms with van der Waals surface area (Å²) in [5, 5.41) is 13.6. The summed E-state index contributed by atoms with van der Waals surface area (Å²) in [4.78, 5) is 12.2. The van der Waals surface area contributed by atoms with Gasteiger partial charge in [0.2, 0.25) is 0 Å². The summed E-state index contributed by atoms with van der Waals surface area (Å²) in [5.74, 6) is -0.908. The zero-order valence-electron chi connectivity index (χ0n) is 13.0. The van der Waals surface area contributed by atoms with Crippen molar-refractivity contribution in [2.75, 3.05) is 0 Å². The maximum atomic E-state index is 13.0. The third-order valence-corrected chi connectivity index (χ3v) is 3.89. The van der Waals surface area contributed by atoms with Crippen LogP contribution in [-0.4, -0.2) is 34.1 Å². The Labute approximate surface area is 150 Å². The van der Waals surface area contributed by atoms with E-state index in [1.165, 1.54) is 12.1 Å². The van der Waals surface area contributed by atoms with Gasteiger partial charge < -0.3 is 14.3 Å². The topological polar surface area (TPSA) is 75.3 Å². The zero-order chi connectivity index (χ0) is 18.9. The minimum atomic E-state index is -5.06. The fourth-order valence-corrected chi connectivity index (χ4v) is 2.37. The quantitative estimate of drug-likeness (QED) is 0.868. The van der Waals surface area contributed by atoms with Gasteiger partial charge in [-0.2, -0.15) is 23.3 Å². The predicted molar refractivity (Wildman–Crippen MR) is 84.8 cm³/mol. The normalized spacial score (nSPS) is 19.8. The number of furan rings is 1. The first-order valence-corrected chi connectivity index (χ1v) is 7.72. The molecular formula is C16H12ClF3N2O4. The van der Waals surface area contributed by atoms with Crippen LogP contribution in [0.2, 0.25) is 5.02 Å². The van der Waals surface area contributed by atoms with Crippen molar-refractivity contribution in [1.29, 1.82) is 0 Å². The van der Waals surface area contributed by atoms with Gasteiger partial charge in [-0.15, -0.1) is 0 Å². The lowest BCUT2D eigenvalue weighted by molar-refractivity contribution is -0.297. The molecule has 0 radical (unpaired) electrons. The number of hydrazone groups is 1. The molecule has 1 aromatic carbocycles. The molecule has 0 bridgehead atoms.